The number of hydrogen-bond acceptors (Lipinski definition) is 1. The van der Waals surface area contributed by atoms with Crippen molar-refractivity contribution in [1.82, 2.24) is 0 Å². The minimum Gasteiger partial charge on any atom is -0.396 e. The van der Waals surface area contributed by atoms with Crippen molar-refractivity contribution in [2.75, 3.05) is 5.73 Å². The first-order valence-corrected chi connectivity index (χ1v) is 3.92. The predicted octanol–water partition coefficient (Wildman–Crippen LogP) is 2.56. The van der Waals surface area contributed by atoms with Gasteiger partial charge in [-0.1, -0.05) is 6.92 Å². The minimum absolute atomic E-state index is 0.0824. The number of nitrogens with two attached hydrogens (primary N) is 1. The standard InChI is InChI=1S/C9H10F3N/c1-3-5-7(11)6(10)4(2)9(13)8(5)12/h3,13H2,1-2H3. The van der Waals surface area contributed by atoms with Gasteiger partial charge in [0.2, 0.25) is 0 Å². The maximum Gasteiger partial charge on any atom is 0.165 e. The van der Waals surface area contributed by atoms with E-state index in [9.17, 15) is 13.2 Å². The zero-order chi connectivity index (χ0) is 10.2. The smallest absolute Gasteiger partial charge is 0.165 e. The van der Waals surface area contributed by atoms with Crippen LogP contribution in [-0.4, -0.2) is 0 Å². The number of rotatable bonds is 1. The summed E-state index contributed by atoms with van der Waals surface area (Å²) in [5.41, 5.74) is 4.47. The lowest BCUT2D eigenvalue weighted by molar-refractivity contribution is 0.478. The first-order valence-electron chi connectivity index (χ1n) is 3.92. The van der Waals surface area contributed by atoms with Gasteiger partial charge in [0.1, 0.15) is 0 Å². The molecule has 72 valence electrons. The number of halogens is 3. The molecule has 0 aliphatic carbocycles. The van der Waals surface area contributed by atoms with E-state index in [1.54, 1.807) is 0 Å². The van der Waals surface area contributed by atoms with Gasteiger partial charge >= 0.3 is 0 Å². The molecule has 0 aliphatic heterocycles. The molecule has 0 fully saturated rings. The summed E-state index contributed by atoms with van der Waals surface area (Å²) in [7, 11) is 0. The molecule has 0 saturated heterocycles. The highest BCUT2D eigenvalue weighted by atomic mass is 19.2. The Balaban J connectivity index is 3.56. The van der Waals surface area contributed by atoms with Crippen LogP contribution in [-0.2, 0) is 6.42 Å². The van der Waals surface area contributed by atoms with Crippen molar-refractivity contribution in [1.29, 1.82) is 0 Å². The minimum atomic E-state index is -1.13. The third kappa shape index (κ3) is 1.36. The molecule has 0 saturated carbocycles. The molecular weight excluding hydrogens is 179 g/mol. The van der Waals surface area contributed by atoms with Crippen LogP contribution >= 0.6 is 0 Å². The van der Waals surface area contributed by atoms with Crippen LogP contribution in [0.25, 0.3) is 0 Å². The molecule has 1 aromatic carbocycles. The van der Waals surface area contributed by atoms with Crippen molar-refractivity contribution in [3.05, 3.63) is 28.6 Å². The van der Waals surface area contributed by atoms with E-state index in [0.29, 0.717) is 0 Å². The summed E-state index contributed by atoms with van der Waals surface area (Å²) >= 11 is 0. The molecule has 0 unspecified atom stereocenters. The van der Waals surface area contributed by atoms with E-state index in [-0.39, 0.29) is 23.2 Å². The van der Waals surface area contributed by atoms with E-state index in [0.717, 1.165) is 0 Å². The maximum absolute atomic E-state index is 13.2. The van der Waals surface area contributed by atoms with Crippen molar-refractivity contribution in [3.8, 4) is 0 Å². The second-order valence-corrected chi connectivity index (χ2v) is 2.81. The van der Waals surface area contributed by atoms with Gasteiger partial charge in [-0.15, -0.1) is 0 Å². The van der Waals surface area contributed by atoms with Crippen LogP contribution in [0.1, 0.15) is 18.1 Å². The van der Waals surface area contributed by atoms with Gasteiger partial charge in [-0.2, -0.15) is 0 Å². The molecule has 0 aromatic heterocycles. The fraction of sp³-hybridized carbons (Fsp3) is 0.333. The molecule has 0 bridgehead atoms. The van der Waals surface area contributed by atoms with Crippen molar-refractivity contribution < 1.29 is 13.2 Å². The average Bonchev–Trinajstić information content (AvgIpc) is 2.13. The maximum atomic E-state index is 13.2. The molecule has 1 aromatic rings. The van der Waals surface area contributed by atoms with Crippen molar-refractivity contribution >= 4 is 5.69 Å². The Morgan fingerprint density at radius 3 is 2.08 bits per heavy atom. The topological polar surface area (TPSA) is 26.0 Å². The zero-order valence-electron chi connectivity index (χ0n) is 7.42. The Morgan fingerprint density at radius 2 is 1.62 bits per heavy atom. The van der Waals surface area contributed by atoms with Gasteiger partial charge in [-0.05, 0) is 13.3 Å². The van der Waals surface area contributed by atoms with Gasteiger partial charge in [0, 0.05) is 11.1 Å². The molecule has 0 spiro atoms. The van der Waals surface area contributed by atoms with Crippen LogP contribution in [0.4, 0.5) is 18.9 Å². The monoisotopic (exact) mass is 189 g/mol. The van der Waals surface area contributed by atoms with E-state index in [1.807, 2.05) is 0 Å². The highest BCUT2D eigenvalue weighted by Gasteiger charge is 2.19. The molecule has 2 N–H and O–H groups in total. The fourth-order valence-corrected chi connectivity index (χ4v) is 1.15. The third-order valence-corrected chi connectivity index (χ3v) is 2.05. The van der Waals surface area contributed by atoms with Gasteiger partial charge in [-0.3, -0.25) is 0 Å². The van der Waals surface area contributed by atoms with Crippen molar-refractivity contribution in [2.24, 2.45) is 0 Å². The third-order valence-electron chi connectivity index (χ3n) is 2.05. The lowest BCUT2D eigenvalue weighted by Gasteiger charge is -2.09. The lowest BCUT2D eigenvalue weighted by Crippen LogP contribution is -2.06. The first kappa shape index (κ1) is 9.89. The molecule has 1 rings (SSSR count). The Bertz CT molecular complexity index is 318. The summed E-state index contributed by atoms with van der Waals surface area (Å²) in [6.45, 7) is 2.78. The van der Waals surface area contributed by atoms with Crippen LogP contribution in [0, 0.1) is 24.4 Å². The van der Waals surface area contributed by atoms with E-state index < -0.39 is 17.5 Å². The molecule has 0 amide bonds. The quantitative estimate of drug-likeness (QED) is 0.533. The Morgan fingerprint density at radius 1 is 1.08 bits per heavy atom. The predicted molar refractivity (Wildman–Crippen MR) is 44.8 cm³/mol. The second-order valence-electron chi connectivity index (χ2n) is 2.81. The summed E-state index contributed by atoms with van der Waals surface area (Å²) in [6.07, 6.45) is 0.0824. The van der Waals surface area contributed by atoms with Crippen molar-refractivity contribution in [3.63, 3.8) is 0 Å². The summed E-state index contributed by atoms with van der Waals surface area (Å²) in [5, 5.41) is 0. The average molecular weight is 189 g/mol. The largest absolute Gasteiger partial charge is 0.396 e. The lowest BCUT2D eigenvalue weighted by atomic mass is 10.1. The van der Waals surface area contributed by atoms with Crippen LogP contribution in [0.3, 0.4) is 0 Å². The van der Waals surface area contributed by atoms with Crippen LogP contribution in [0.5, 0.6) is 0 Å². The van der Waals surface area contributed by atoms with Crippen LogP contribution < -0.4 is 5.73 Å². The Kier molecular flexibility index (Phi) is 2.50. The molecule has 0 radical (unpaired) electrons. The molecule has 0 aliphatic rings. The SMILES string of the molecule is CCc1c(F)c(N)c(C)c(F)c1F. The Hall–Kier alpha value is -1.19. The van der Waals surface area contributed by atoms with Gasteiger partial charge in [0.25, 0.3) is 0 Å². The number of benzene rings is 1. The number of hydrogen-bond donors (Lipinski definition) is 1. The fourth-order valence-electron chi connectivity index (χ4n) is 1.15. The normalized spacial score (nSPS) is 10.5. The molecule has 13 heavy (non-hydrogen) atoms. The first-order chi connectivity index (χ1) is 6.00. The molecule has 0 atom stereocenters. The molecule has 4 heteroatoms. The summed E-state index contributed by atoms with van der Waals surface area (Å²) in [6, 6.07) is 0. The highest BCUT2D eigenvalue weighted by Crippen LogP contribution is 2.26. The van der Waals surface area contributed by atoms with E-state index in [1.165, 1.54) is 13.8 Å². The Labute approximate surface area is 74.4 Å². The molecular formula is C9H10F3N. The van der Waals surface area contributed by atoms with E-state index >= 15 is 0 Å². The van der Waals surface area contributed by atoms with Gasteiger partial charge < -0.3 is 5.73 Å². The number of anilines is 1. The van der Waals surface area contributed by atoms with E-state index in [4.69, 9.17) is 5.73 Å². The van der Waals surface area contributed by atoms with E-state index in [2.05, 4.69) is 0 Å². The highest BCUT2D eigenvalue weighted by molar-refractivity contribution is 5.51. The second kappa shape index (κ2) is 3.28. The summed E-state index contributed by atoms with van der Waals surface area (Å²) in [5.74, 6) is -3.04. The van der Waals surface area contributed by atoms with Crippen LogP contribution in [0.15, 0.2) is 0 Å². The van der Waals surface area contributed by atoms with Crippen LogP contribution in [0.2, 0.25) is 0 Å². The zero-order valence-corrected chi connectivity index (χ0v) is 7.42. The molecule has 1 nitrogen and oxygen atoms in total. The number of nitrogen functional groups attached to an aromatic ring is 1. The summed E-state index contributed by atoms with van der Waals surface area (Å²) < 4.78 is 39.2. The van der Waals surface area contributed by atoms with Gasteiger partial charge in [0.15, 0.2) is 17.5 Å². The van der Waals surface area contributed by atoms with Gasteiger partial charge in [-0.25, -0.2) is 13.2 Å². The molecule has 0 heterocycles. The van der Waals surface area contributed by atoms with Gasteiger partial charge in [0.05, 0.1) is 5.69 Å². The summed E-state index contributed by atoms with van der Waals surface area (Å²) in [4.78, 5) is 0. The van der Waals surface area contributed by atoms with Crippen molar-refractivity contribution in [2.45, 2.75) is 20.3 Å².